The lowest BCUT2D eigenvalue weighted by Crippen LogP contribution is -2.09. The van der Waals surface area contributed by atoms with Crippen molar-refractivity contribution >= 4 is 0 Å². The highest BCUT2D eigenvalue weighted by molar-refractivity contribution is 5.75. The summed E-state index contributed by atoms with van der Waals surface area (Å²) in [7, 11) is 0. The van der Waals surface area contributed by atoms with Gasteiger partial charge in [0.15, 0.2) is 11.6 Å². The van der Waals surface area contributed by atoms with E-state index >= 15 is 4.39 Å². The second-order valence-corrected chi connectivity index (χ2v) is 8.75. The lowest BCUT2D eigenvalue weighted by atomic mass is 9.85. The van der Waals surface area contributed by atoms with Gasteiger partial charge in [0.25, 0.3) is 0 Å². The number of benzene rings is 2. The van der Waals surface area contributed by atoms with Crippen molar-refractivity contribution in [3.8, 4) is 22.6 Å². The Hall–Kier alpha value is -2.03. The normalized spacial score (nSPS) is 12.4. The van der Waals surface area contributed by atoms with E-state index in [1.165, 1.54) is 50.5 Å². The first kappa shape index (κ1) is 23.6. The van der Waals surface area contributed by atoms with Crippen LogP contribution in [0.4, 0.5) is 4.39 Å². The summed E-state index contributed by atoms with van der Waals surface area (Å²) >= 11 is 0. The van der Waals surface area contributed by atoms with Gasteiger partial charge in [0.2, 0.25) is 0 Å². The van der Waals surface area contributed by atoms with Crippen LogP contribution in [0, 0.1) is 5.82 Å². The van der Waals surface area contributed by atoms with Crippen molar-refractivity contribution < 1.29 is 13.9 Å². The molecule has 0 saturated carbocycles. The highest BCUT2D eigenvalue weighted by Crippen LogP contribution is 2.39. The van der Waals surface area contributed by atoms with Crippen LogP contribution in [-0.2, 0) is 12.8 Å². The number of aryl methyl sites for hydroxylation is 1. The molecule has 0 saturated heterocycles. The van der Waals surface area contributed by atoms with Gasteiger partial charge in [-0.3, -0.25) is 0 Å². The van der Waals surface area contributed by atoms with Gasteiger partial charge in [0.1, 0.15) is 5.75 Å². The first-order chi connectivity index (χ1) is 15.2. The predicted molar refractivity (Wildman–Crippen MR) is 128 cm³/mol. The number of fused-ring (bicyclic) bond motifs is 3. The summed E-state index contributed by atoms with van der Waals surface area (Å²) in [4.78, 5) is 0. The fourth-order valence-electron chi connectivity index (χ4n) is 4.38. The van der Waals surface area contributed by atoms with Crippen molar-refractivity contribution in [2.24, 2.45) is 0 Å². The summed E-state index contributed by atoms with van der Waals surface area (Å²) in [5.41, 5.74) is 4.16. The van der Waals surface area contributed by atoms with E-state index < -0.39 is 0 Å². The Morgan fingerprint density at radius 1 is 0.710 bits per heavy atom. The van der Waals surface area contributed by atoms with Gasteiger partial charge in [0.05, 0.1) is 13.2 Å². The summed E-state index contributed by atoms with van der Waals surface area (Å²) in [5, 5.41) is 0. The minimum absolute atomic E-state index is 0.175. The van der Waals surface area contributed by atoms with Gasteiger partial charge in [-0.2, -0.15) is 0 Å². The fourth-order valence-corrected chi connectivity index (χ4v) is 4.38. The molecule has 0 spiro atoms. The number of unbranched alkanes of at least 4 members (excludes halogenated alkanes) is 8. The fraction of sp³-hybridized carbons (Fsp3) is 0.571. The van der Waals surface area contributed by atoms with E-state index in [1.54, 1.807) is 6.07 Å². The van der Waals surface area contributed by atoms with E-state index in [2.05, 4.69) is 26.0 Å². The van der Waals surface area contributed by atoms with Crippen LogP contribution in [0.3, 0.4) is 0 Å². The molecule has 0 N–H and O–H groups in total. The van der Waals surface area contributed by atoms with Crippen LogP contribution >= 0.6 is 0 Å². The summed E-state index contributed by atoms with van der Waals surface area (Å²) in [6, 6.07) is 10.1. The molecule has 3 rings (SSSR count). The van der Waals surface area contributed by atoms with Crippen LogP contribution < -0.4 is 9.47 Å². The Balaban J connectivity index is 1.55. The van der Waals surface area contributed by atoms with Gasteiger partial charge in [-0.25, -0.2) is 4.39 Å². The molecule has 3 heteroatoms. The second kappa shape index (κ2) is 12.7. The van der Waals surface area contributed by atoms with Crippen molar-refractivity contribution in [3.63, 3.8) is 0 Å². The van der Waals surface area contributed by atoms with Crippen molar-refractivity contribution in [2.75, 3.05) is 13.2 Å². The van der Waals surface area contributed by atoms with Crippen LogP contribution in [0.15, 0.2) is 30.3 Å². The SMILES string of the molecule is CCCCCCCCCOc1ccc2c(c1F)CCc1cc(OCCCCC)ccc1-2. The first-order valence-corrected chi connectivity index (χ1v) is 12.4. The van der Waals surface area contributed by atoms with Gasteiger partial charge in [0, 0.05) is 0 Å². The molecular formula is C28H39FO2. The molecule has 0 amide bonds. The number of ether oxygens (including phenoxy) is 2. The molecule has 0 heterocycles. The van der Waals surface area contributed by atoms with Crippen LogP contribution in [0.25, 0.3) is 11.1 Å². The van der Waals surface area contributed by atoms with Gasteiger partial charge >= 0.3 is 0 Å². The molecule has 0 fully saturated rings. The van der Waals surface area contributed by atoms with Crippen molar-refractivity contribution in [1.82, 2.24) is 0 Å². The first-order valence-electron chi connectivity index (χ1n) is 12.4. The molecule has 31 heavy (non-hydrogen) atoms. The topological polar surface area (TPSA) is 18.5 Å². The van der Waals surface area contributed by atoms with Crippen LogP contribution in [0.2, 0.25) is 0 Å². The molecule has 0 aliphatic heterocycles. The maximum atomic E-state index is 15.1. The van der Waals surface area contributed by atoms with E-state index in [9.17, 15) is 0 Å². The van der Waals surface area contributed by atoms with Gasteiger partial charge in [-0.05, 0) is 66.1 Å². The Morgan fingerprint density at radius 2 is 1.35 bits per heavy atom. The summed E-state index contributed by atoms with van der Waals surface area (Å²) in [6.07, 6.45) is 13.7. The van der Waals surface area contributed by atoms with E-state index in [-0.39, 0.29) is 5.82 Å². The van der Waals surface area contributed by atoms with Crippen LogP contribution in [-0.4, -0.2) is 13.2 Å². The lowest BCUT2D eigenvalue weighted by Gasteiger charge is -2.22. The van der Waals surface area contributed by atoms with E-state index in [1.807, 2.05) is 12.1 Å². The highest BCUT2D eigenvalue weighted by Gasteiger charge is 2.22. The van der Waals surface area contributed by atoms with Gasteiger partial charge < -0.3 is 9.47 Å². The maximum absolute atomic E-state index is 15.1. The average Bonchev–Trinajstić information content (AvgIpc) is 2.79. The molecular weight excluding hydrogens is 387 g/mol. The van der Waals surface area contributed by atoms with Crippen molar-refractivity contribution in [3.05, 3.63) is 47.3 Å². The molecule has 2 aromatic rings. The molecule has 2 aromatic carbocycles. The molecule has 170 valence electrons. The average molecular weight is 427 g/mol. The molecule has 2 nitrogen and oxygen atoms in total. The zero-order valence-corrected chi connectivity index (χ0v) is 19.5. The monoisotopic (exact) mass is 426 g/mol. The third-order valence-corrected chi connectivity index (χ3v) is 6.24. The molecule has 0 bridgehead atoms. The number of rotatable bonds is 14. The van der Waals surface area contributed by atoms with Crippen molar-refractivity contribution in [1.29, 1.82) is 0 Å². The van der Waals surface area contributed by atoms with E-state index in [0.717, 1.165) is 54.7 Å². The molecule has 1 aliphatic carbocycles. The third kappa shape index (κ3) is 6.72. The third-order valence-electron chi connectivity index (χ3n) is 6.24. The quantitative estimate of drug-likeness (QED) is 0.283. The minimum Gasteiger partial charge on any atom is -0.494 e. The Kier molecular flexibility index (Phi) is 9.71. The largest absolute Gasteiger partial charge is 0.494 e. The van der Waals surface area contributed by atoms with Crippen LogP contribution in [0.5, 0.6) is 11.5 Å². The standard InChI is InChI=1S/C28H39FO2/c1-3-5-7-8-9-10-12-20-31-27-18-17-25-24-16-14-23(30-19-11-6-4-2)21-22(24)13-15-26(25)28(27)29/h14,16-18,21H,3-13,15,19-20H2,1-2H3. The number of hydrogen-bond donors (Lipinski definition) is 0. The lowest BCUT2D eigenvalue weighted by molar-refractivity contribution is 0.289. The highest BCUT2D eigenvalue weighted by atomic mass is 19.1. The summed E-state index contributed by atoms with van der Waals surface area (Å²) < 4.78 is 26.8. The Morgan fingerprint density at radius 3 is 2.16 bits per heavy atom. The molecule has 0 unspecified atom stereocenters. The number of halogens is 1. The maximum Gasteiger partial charge on any atom is 0.168 e. The smallest absolute Gasteiger partial charge is 0.168 e. The van der Waals surface area contributed by atoms with Crippen molar-refractivity contribution in [2.45, 2.75) is 90.9 Å². The Labute approximate surface area is 188 Å². The van der Waals surface area contributed by atoms with Gasteiger partial charge in [-0.1, -0.05) is 77.3 Å². The molecule has 0 radical (unpaired) electrons. The molecule has 0 atom stereocenters. The minimum atomic E-state index is -0.175. The Bertz CT molecular complexity index is 815. The van der Waals surface area contributed by atoms with Crippen LogP contribution in [0.1, 0.15) is 89.2 Å². The summed E-state index contributed by atoms with van der Waals surface area (Å²) in [6.45, 7) is 5.79. The van der Waals surface area contributed by atoms with Gasteiger partial charge in [-0.15, -0.1) is 0 Å². The molecule has 1 aliphatic rings. The molecule has 0 aromatic heterocycles. The second-order valence-electron chi connectivity index (χ2n) is 8.75. The summed E-state index contributed by atoms with van der Waals surface area (Å²) in [5.74, 6) is 1.16. The zero-order valence-electron chi connectivity index (χ0n) is 19.5. The predicted octanol–water partition coefficient (Wildman–Crippen LogP) is 8.29. The number of hydrogen-bond acceptors (Lipinski definition) is 2. The van der Waals surface area contributed by atoms with E-state index in [4.69, 9.17) is 9.47 Å². The zero-order chi connectivity index (χ0) is 21.9. The van der Waals surface area contributed by atoms with E-state index in [0.29, 0.717) is 18.8 Å².